The van der Waals surface area contributed by atoms with Gasteiger partial charge in [0, 0.05) is 12.6 Å². The Balaban J connectivity index is 2.96. The summed E-state index contributed by atoms with van der Waals surface area (Å²) >= 11 is 0. The molecule has 0 aliphatic rings. The molecule has 90 valence electrons. The fourth-order valence-electron chi connectivity index (χ4n) is 1.66. The highest BCUT2D eigenvalue weighted by molar-refractivity contribution is 5.43. The number of benzene rings is 1. The van der Waals surface area contributed by atoms with Crippen LogP contribution in [-0.2, 0) is 0 Å². The van der Waals surface area contributed by atoms with Crippen molar-refractivity contribution in [1.29, 1.82) is 0 Å². The van der Waals surface area contributed by atoms with Crippen molar-refractivity contribution in [1.82, 2.24) is 10.6 Å². The smallest absolute Gasteiger partial charge is 0.161 e. The molecule has 1 aromatic rings. The zero-order valence-corrected chi connectivity index (χ0v) is 10.3. The lowest BCUT2D eigenvalue weighted by Crippen LogP contribution is -2.27. The van der Waals surface area contributed by atoms with Crippen molar-refractivity contribution >= 4 is 0 Å². The highest BCUT2D eigenvalue weighted by Gasteiger charge is 2.11. The number of rotatable bonds is 6. The fraction of sp³-hybridized carbons (Fsp3) is 0.500. The average Bonchev–Trinajstić information content (AvgIpc) is 2.35. The molecule has 4 heteroatoms. The van der Waals surface area contributed by atoms with E-state index in [0.717, 1.165) is 18.0 Å². The van der Waals surface area contributed by atoms with E-state index in [0.29, 0.717) is 0 Å². The van der Waals surface area contributed by atoms with Gasteiger partial charge in [0.05, 0.1) is 14.2 Å². The minimum absolute atomic E-state index is 0.268. The number of methoxy groups -OCH3 is 2. The minimum Gasteiger partial charge on any atom is -0.493 e. The molecule has 1 unspecified atom stereocenters. The molecule has 0 fully saturated rings. The van der Waals surface area contributed by atoms with Gasteiger partial charge in [-0.3, -0.25) is 0 Å². The molecule has 16 heavy (non-hydrogen) atoms. The summed E-state index contributed by atoms with van der Waals surface area (Å²) in [5.74, 6) is 1.52. The predicted molar refractivity (Wildman–Crippen MR) is 65.3 cm³/mol. The monoisotopic (exact) mass is 224 g/mol. The quantitative estimate of drug-likeness (QED) is 0.761. The average molecular weight is 224 g/mol. The minimum atomic E-state index is 0.268. The van der Waals surface area contributed by atoms with Gasteiger partial charge in [-0.25, -0.2) is 0 Å². The van der Waals surface area contributed by atoms with E-state index in [1.54, 1.807) is 14.2 Å². The van der Waals surface area contributed by atoms with Crippen LogP contribution in [0.2, 0.25) is 0 Å². The lowest BCUT2D eigenvalue weighted by atomic mass is 10.1. The van der Waals surface area contributed by atoms with Gasteiger partial charge in [-0.15, -0.1) is 0 Å². The van der Waals surface area contributed by atoms with Crippen molar-refractivity contribution in [3.63, 3.8) is 0 Å². The number of ether oxygens (including phenoxy) is 2. The Morgan fingerprint density at radius 2 is 1.81 bits per heavy atom. The third-order valence-corrected chi connectivity index (χ3v) is 2.57. The molecule has 0 radical (unpaired) electrons. The van der Waals surface area contributed by atoms with E-state index < -0.39 is 0 Å². The van der Waals surface area contributed by atoms with Gasteiger partial charge in [0.1, 0.15) is 0 Å². The third kappa shape index (κ3) is 2.87. The Morgan fingerprint density at radius 3 is 2.31 bits per heavy atom. The van der Waals surface area contributed by atoms with Gasteiger partial charge >= 0.3 is 0 Å². The van der Waals surface area contributed by atoms with Crippen LogP contribution in [0, 0.1) is 0 Å². The zero-order valence-electron chi connectivity index (χ0n) is 10.3. The Kier molecular flexibility index (Phi) is 5.08. The second kappa shape index (κ2) is 6.35. The van der Waals surface area contributed by atoms with Crippen molar-refractivity contribution in [3.05, 3.63) is 23.8 Å². The maximum absolute atomic E-state index is 5.28. The Bertz CT molecular complexity index is 329. The number of likely N-dealkylation sites (N-methyl/N-ethyl adjacent to an activating group) is 2. The predicted octanol–water partition coefficient (Wildman–Crippen LogP) is 1.18. The summed E-state index contributed by atoms with van der Waals surface area (Å²) in [5, 5.41) is 6.40. The molecule has 0 saturated carbocycles. The number of nitrogens with one attached hydrogen (secondary N) is 2. The van der Waals surface area contributed by atoms with E-state index in [1.807, 2.05) is 32.3 Å². The van der Waals surface area contributed by atoms with Crippen LogP contribution in [0.4, 0.5) is 0 Å². The molecule has 0 aliphatic carbocycles. The molecule has 0 bridgehead atoms. The molecule has 0 spiro atoms. The molecule has 1 atom stereocenters. The van der Waals surface area contributed by atoms with Gasteiger partial charge in [0.15, 0.2) is 11.5 Å². The maximum atomic E-state index is 5.28. The molecular formula is C12H20N2O2. The number of hydrogen-bond donors (Lipinski definition) is 2. The van der Waals surface area contributed by atoms with Crippen LogP contribution < -0.4 is 20.1 Å². The second-order valence-corrected chi connectivity index (χ2v) is 3.51. The van der Waals surface area contributed by atoms with Crippen molar-refractivity contribution < 1.29 is 9.47 Å². The van der Waals surface area contributed by atoms with Crippen molar-refractivity contribution in [2.45, 2.75) is 6.04 Å². The molecule has 4 nitrogen and oxygen atoms in total. The molecule has 0 heterocycles. The van der Waals surface area contributed by atoms with Crippen LogP contribution in [0.3, 0.4) is 0 Å². The highest BCUT2D eigenvalue weighted by Crippen LogP contribution is 2.29. The molecular weight excluding hydrogens is 204 g/mol. The summed E-state index contributed by atoms with van der Waals surface area (Å²) in [6.07, 6.45) is 0. The van der Waals surface area contributed by atoms with Crippen molar-refractivity contribution in [3.8, 4) is 11.5 Å². The first-order valence-corrected chi connectivity index (χ1v) is 5.30. The van der Waals surface area contributed by atoms with Crippen LogP contribution in [0.1, 0.15) is 11.6 Å². The SMILES string of the molecule is CNCC(NC)c1ccc(OC)c(OC)c1. The zero-order chi connectivity index (χ0) is 12.0. The third-order valence-electron chi connectivity index (χ3n) is 2.57. The summed E-state index contributed by atoms with van der Waals surface area (Å²) in [6.45, 7) is 0.867. The first-order chi connectivity index (χ1) is 7.76. The molecule has 1 rings (SSSR count). The van der Waals surface area contributed by atoms with Gasteiger partial charge in [0.25, 0.3) is 0 Å². The Hall–Kier alpha value is -1.26. The van der Waals surface area contributed by atoms with Crippen molar-refractivity contribution in [2.24, 2.45) is 0 Å². The summed E-state index contributed by atoms with van der Waals surface area (Å²) in [4.78, 5) is 0. The molecule has 2 N–H and O–H groups in total. The fourth-order valence-corrected chi connectivity index (χ4v) is 1.66. The Morgan fingerprint density at radius 1 is 1.12 bits per heavy atom. The molecule has 0 saturated heterocycles. The lowest BCUT2D eigenvalue weighted by Gasteiger charge is -2.17. The van der Waals surface area contributed by atoms with Crippen LogP contribution in [-0.4, -0.2) is 34.9 Å². The van der Waals surface area contributed by atoms with Gasteiger partial charge in [-0.2, -0.15) is 0 Å². The molecule has 0 aliphatic heterocycles. The van der Waals surface area contributed by atoms with E-state index in [9.17, 15) is 0 Å². The van der Waals surface area contributed by atoms with Crippen LogP contribution in [0.5, 0.6) is 11.5 Å². The van der Waals surface area contributed by atoms with E-state index in [1.165, 1.54) is 5.56 Å². The largest absolute Gasteiger partial charge is 0.493 e. The van der Waals surface area contributed by atoms with Crippen molar-refractivity contribution in [2.75, 3.05) is 34.9 Å². The summed E-state index contributed by atoms with van der Waals surface area (Å²) in [7, 11) is 7.17. The van der Waals surface area contributed by atoms with Gasteiger partial charge < -0.3 is 20.1 Å². The van der Waals surface area contributed by atoms with Gasteiger partial charge in [-0.1, -0.05) is 6.07 Å². The van der Waals surface area contributed by atoms with Crippen LogP contribution >= 0.6 is 0 Å². The normalized spacial score (nSPS) is 12.2. The maximum Gasteiger partial charge on any atom is 0.161 e. The van der Waals surface area contributed by atoms with Gasteiger partial charge in [-0.05, 0) is 31.8 Å². The standard InChI is InChI=1S/C12H20N2O2/c1-13-8-10(14-2)9-5-6-11(15-3)12(7-9)16-4/h5-7,10,13-14H,8H2,1-4H3. The first-order valence-electron chi connectivity index (χ1n) is 5.30. The summed E-state index contributed by atoms with van der Waals surface area (Å²) < 4.78 is 10.5. The first kappa shape index (κ1) is 12.8. The highest BCUT2D eigenvalue weighted by atomic mass is 16.5. The van der Waals surface area contributed by atoms with E-state index in [2.05, 4.69) is 10.6 Å². The van der Waals surface area contributed by atoms with E-state index in [4.69, 9.17) is 9.47 Å². The molecule has 0 amide bonds. The summed E-state index contributed by atoms with van der Waals surface area (Å²) in [6, 6.07) is 6.23. The number of hydrogen-bond acceptors (Lipinski definition) is 4. The second-order valence-electron chi connectivity index (χ2n) is 3.51. The van der Waals surface area contributed by atoms with E-state index in [-0.39, 0.29) is 6.04 Å². The lowest BCUT2D eigenvalue weighted by molar-refractivity contribution is 0.354. The summed E-state index contributed by atoms with van der Waals surface area (Å²) in [5.41, 5.74) is 1.18. The van der Waals surface area contributed by atoms with Crippen LogP contribution in [0.15, 0.2) is 18.2 Å². The Labute approximate surface area is 96.9 Å². The topological polar surface area (TPSA) is 42.5 Å². The van der Waals surface area contributed by atoms with E-state index >= 15 is 0 Å². The van der Waals surface area contributed by atoms with Crippen LogP contribution in [0.25, 0.3) is 0 Å². The molecule has 0 aromatic heterocycles. The molecule has 1 aromatic carbocycles. The van der Waals surface area contributed by atoms with Gasteiger partial charge in [0.2, 0.25) is 0 Å².